The summed E-state index contributed by atoms with van der Waals surface area (Å²) in [5, 5.41) is 123. The van der Waals surface area contributed by atoms with Crippen LogP contribution in [0.15, 0.2) is 30.5 Å². The average molecular weight is 864 g/mol. The average Bonchev–Trinajstić information content (AvgIpc) is 3.72. The van der Waals surface area contributed by atoms with Crippen LogP contribution in [0.2, 0.25) is 0 Å². The number of carbonyl (C=O) groups is 2. The number of aliphatic hydroxyl groups excluding tert-OH is 10. The van der Waals surface area contributed by atoms with Crippen LogP contribution in [-0.4, -0.2) is 215 Å². The largest absolute Gasteiger partial charge is 0.477 e. The molecule has 0 bridgehead atoms. The molecule has 1 aromatic heterocycles. The van der Waals surface area contributed by atoms with Crippen molar-refractivity contribution in [3.8, 4) is 5.69 Å². The second-order valence-electron chi connectivity index (χ2n) is 14.6. The van der Waals surface area contributed by atoms with Crippen molar-refractivity contribution in [1.82, 2.24) is 15.0 Å². The maximum atomic E-state index is 12.5. The highest BCUT2D eigenvalue weighted by atomic mass is 16.8. The lowest BCUT2D eigenvalue weighted by atomic mass is 9.84. The molecule has 0 amide bonds. The summed E-state index contributed by atoms with van der Waals surface area (Å²) in [5.41, 5.74) is 1.11. The lowest BCUT2D eigenvalue weighted by molar-refractivity contribution is -0.369. The molecule has 3 aliphatic rings. The van der Waals surface area contributed by atoms with Crippen LogP contribution >= 0.6 is 0 Å². The van der Waals surface area contributed by atoms with E-state index in [9.17, 15) is 65.8 Å². The first-order valence-corrected chi connectivity index (χ1v) is 19.0. The molecule has 24 heteroatoms. The smallest absolute Gasteiger partial charge is 0.364 e. The molecule has 3 saturated heterocycles. The molecule has 0 aliphatic carbocycles. The van der Waals surface area contributed by atoms with E-state index in [-0.39, 0.29) is 18.8 Å². The quantitative estimate of drug-likeness (QED) is 0.0465. The number of rotatable bonds is 19. The Morgan fingerprint density at radius 1 is 0.933 bits per heavy atom. The molecule has 24 nitrogen and oxygen atoms in total. The molecule has 60 heavy (non-hydrogen) atoms. The van der Waals surface area contributed by atoms with Gasteiger partial charge in [-0.05, 0) is 24.3 Å². The fraction of sp³-hybridized carbons (Fsp3) is 0.722. The summed E-state index contributed by atoms with van der Waals surface area (Å²) in [5.74, 6) is -5.98. The Hall–Kier alpha value is -3.38. The highest BCUT2D eigenvalue weighted by molar-refractivity contribution is 5.89. The molecule has 1 aromatic carbocycles. The number of carbonyl (C=O) groups excluding carboxylic acids is 1. The van der Waals surface area contributed by atoms with Gasteiger partial charge in [0.1, 0.15) is 61.0 Å². The summed E-state index contributed by atoms with van der Waals surface area (Å²) in [6.45, 7) is -0.947. The van der Waals surface area contributed by atoms with Gasteiger partial charge in [-0.25, -0.2) is 14.3 Å². The van der Waals surface area contributed by atoms with Crippen molar-refractivity contribution in [2.24, 2.45) is 5.92 Å². The van der Waals surface area contributed by atoms with Gasteiger partial charge in [0.2, 0.25) is 0 Å². The van der Waals surface area contributed by atoms with Gasteiger partial charge in [0.25, 0.3) is 5.79 Å². The Balaban J connectivity index is 1.21. The van der Waals surface area contributed by atoms with Crippen LogP contribution < -0.4 is 0 Å². The van der Waals surface area contributed by atoms with Gasteiger partial charge >= 0.3 is 11.9 Å². The zero-order valence-corrected chi connectivity index (χ0v) is 32.5. The van der Waals surface area contributed by atoms with Crippen LogP contribution in [-0.2, 0) is 49.3 Å². The molecule has 0 saturated carbocycles. The van der Waals surface area contributed by atoms with Crippen LogP contribution in [0, 0.1) is 5.92 Å². The minimum Gasteiger partial charge on any atom is -0.477 e. The summed E-state index contributed by atoms with van der Waals surface area (Å²) in [4.78, 5) is 24.8. The molecular weight excluding hydrogens is 810 g/mol. The van der Waals surface area contributed by atoms with E-state index in [2.05, 4.69) is 10.3 Å². The van der Waals surface area contributed by atoms with Crippen LogP contribution in [0.25, 0.3) is 5.69 Å². The molecule has 338 valence electrons. The van der Waals surface area contributed by atoms with Gasteiger partial charge < -0.3 is 94.1 Å². The van der Waals surface area contributed by atoms with Gasteiger partial charge in [0.05, 0.1) is 68.4 Å². The fourth-order valence-electron chi connectivity index (χ4n) is 6.88. The molecule has 5 unspecified atom stereocenters. The first-order valence-electron chi connectivity index (χ1n) is 19.0. The second kappa shape index (κ2) is 21.1. The predicted octanol–water partition coefficient (Wildman–Crippen LogP) is -5.09. The lowest BCUT2D eigenvalue weighted by Gasteiger charge is -2.47. The SMILES string of the molecule is COCCCOC(=O)c1ccc(-n2nncc2CO[C@@H]2O[C@@H](CO)[C@@H](O[C@@H]3OC(CO[C@]4(C(=O)O)C[C@@H](O)[C@@H](C)C([C@H](O)[C@H](O)CO)O4)[C@H](O)[C@H](O)C3O)C(O)C2O)cc1. The van der Waals surface area contributed by atoms with Crippen molar-refractivity contribution in [3.05, 3.63) is 41.7 Å². The number of aliphatic carboxylic acids is 1. The van der Waals surface area contributed by atoms with E-state index in [1.54, 1.807) is 19.2 Å². The number of ether oxygens (including phenoxy) is 8. The number of hydrogen-bond donors (Lipinski definition) is 11. The van der Waals surface area contributed by atoms with E-state index in [0.717, 1.165) is 0 Å². The molecule has 3 fully saturated rings. The number of aromatic nitrogens is 3. The van der Waals surface area contributed by atoms with Crippen LogP contribution in [0.1, 0.15) is 35.8 Å². The number of methoxy groups -OCH3 is 1. The number of benzene rings is 1. The third kappa shape index (κ3) is 10.6. The topological polar surface area (TPSA) is 361 Å². The summed E-state index contributed by atoms with van der Waals surface area (Å²) in [7, 11) is 1.54. The zero-order chi connectivity index (χ0) is 43.9. The highest BCUT2D eigenvalue weighted by Crippen LogP contribution is 2.38. The molecule has 3 aliphatic heterocycles. The summed E-state index contributed by atoms with van der Waals surface area (Å²) in [6.07, 6.45) is -23.6. The van der Waals surface area contributed by atoms with Crippen molar-refractivity contribution in [3.63, 3.8) is 0 Å². The number of esters is 1. The molecule has 5 rings (SSSR count). The van der Waals surface area contributed by atoms with Crippen LogP contribution in [0.4, 0.5) is 0 Å². The Morgan fingerprint density at radius 3 is 2.27 bits per heavy atom. The molecule has 2 aromatic rings. The third-order valence-electron chi connectivity index (χ3n) is 10.5. The number of aliphatic hydroxyl groups is 10. The summed E-state index contributed by atoms with van der Waals surface area (Å²) in [6, 6.07) is 6.22. The Labute approximate surface area is 341 Å². The van der Waals surface area contributed by atoms with Gasteiger partial charge in [-0.1, -0.05) is 12.1 Å². The number of hydrogen-bond acceptors (Lipinski definition) is 22. The van der Waals surface area contributed by atoms with E-state index in [1.165, 1.54) is 29.9 Å². The first kappa shape index (κ1) is 47.7. The number of carboxylic acids is 1. The standard InChI is InChI=1S/C36H53N3O21/c1-16-20(42)10-36(35(51)52,60-30(16)24(44)21(43)12-40)56-15-23-25(45)26(46)28(48)34(58-23)59-31-22(13-41)57-33(29(49)27(31)47)55-14-19-11-37-38-39(19)18-6-4-17(5-7-18)32(50)54-9-3-8-53-2/h4-7,11,16,20-31,33-34,40-49H,3,8-10,12-15H2,1-2H3,(H,51,52)/t16-,20-,21-,22+,23?,24-,25+,26+,27?,28?,29?,30?,31-,33-,34+,36-/m1/s1. The monoisotopic (exact) mass is 863 g/mol. The highest BCUT2D eigenvalue weighted by Gasteiger charge is 2.56. The van der Waals surface area contributed by atoms with Gasteiger partial charge in [-0.2, -0.15) is 0 Å². The van der Waals surface area contributed by atoms with Crippen molar-refractivity contribution in [1.29, 1.82) is 0 Å². The number of nitrogens with zero attached hydrogens (tertiary/aromatic N) is 3. The van der Waals surface area contributed by atoms with Gasteiger partial charge in [0.15, 0.2) is 12.6 Å². The minimum absolute atomic E-state index is 0.182. The number of carboxylic acid groups (broad SMARTS) is 1. The second-order valence-corrected chi connectivity index (χ2v) is 14.6. The molecule has 16 atom stereocenters. The van der Waals surface area contributed by atoms with Crippen molar-refractivity contribution < 1.29 is 104 Å². The third-order valence-corrected chi connectivity index (χ3v) is 10.5. The molecule has 11 N–H and O–H groups in total. The minimum atomic E-state index is -2.71. The zero-order valence-electron chi connectivity index (χ0n) is 32.5. The fourth-order valence-corrected chi connectivity index (χ4v) is 6.88. The summed E-state index contributed by atoms with van der Waals surface area (Å²) >= 11 is 0. The Bertz CT molecular complexity index is 1670. The lowest BCUT2D eigenvalue weighted by Crippen LogP contribution is -2.65. The molecule has 0 spiro atoms. The maximum absolute atomic E-state index is 12.5. The van der Waals surface area contributed by atoms with Crippen LogP contribution in [0.3, 0.4) is 0 Å². The molecule has 4 heterocycles. The normalized spacial score (nSPS) is 35.8. The first-order chi connectivity index (χ1) is 28.6. The molecule has 0 radical (unpaired) electrons. The summed E-state index contributed by atoms with van der Waals surface area (Å²) < 4.78 is 45.4. The van der Waals surface area contributed by atoms with Crippen LogP contribution in [0.5, 0.6) is 0 Å². The van der Waals surface area contributed by atoms with Crippen molar-refractivity contribution >= 4 is 11.9 Å². The Kier molecular flexibility index (Phi) is 16.8. The predicted molar refractivity (Wildman–Crippen MR) is 192 cm³/mol. The van der Waals surface area contributed by atoms with E-state index in [1.807, 2.05) is 0 Å². The van der Waals surface area contributed by atoms with E-state index in [0.29, 0.717) is 24.4 Å². The van der Waals surface area contributed by atoms with Crippen molar-refractivity contribution in [2.45, 2.75) is 118 Å². The van der Waals surface area contributed by atoms with E-state index < -0.39 is 136 Å². The Morgan fingerprint density at radius 2 is 1.62 bits per heavy atom. The van der Waals surface area contributed by atoms with Crippen molar-refractivity contribution in [2.75, 3.05) is 40.1 Å². The maximum Gasteiger partial charge on any atom is 0.364 e. The van der Waals surface area contributed by atoms with Gasteiger partial charge in [-0.15, -0.1) is 5.10 Å². The van der Waals surface area contributed by atoms with E-state index >= 15 is 0 Å². The van der Waals surface area contributed by atoms with Gasteiger partial charge in [0, 0.05) is 32.5 Å². The van der Waals surface area contributed by atoms with Gasteiger partial charge in [-0.3, -0.25) is 0 Å². The van der Waals surface area contributed by atoms with E-state index in [4.69, 9.17) is 37.9 Å². The molecular formula is C36H53N3O21.